The number of rotatable bonds is 3. The monoisotopic (exact) mass is 216 g/mol. The lowest BCUT2D eigenvalue weighted by Crippen LogP contribution is -2.21. The van der Waals surface area contributed by atoms with Gasteiger partial charge in [-0.2, -0.15) is 0 Å². The molecule has 0 bridgehead atoms. The van der Waals surface area contributed by atoms with Gasteiger partial charge in [0.1, 0.15) is 5.82 Å². The van der Waals surface area contributed by atoms with Crippen LogP contribution in [0.3, 0.4) is 0 Å². The van der Waals surface area contributed by atoms with Gasteiger partial charge >= 0.3 is 0 Å². The lowest BCUT2D eigenvalue weighted by Gasteiger charge is -2.12. The normalized spacial score (nSPS) is 12.5. The summed E-state index contributed by atoms with van der Waals surface area (Å²) in [5, 5.41) is 9.23. The number of phenols is 1. The second-order valence-electron chi connectivity index (χ2n) is 3.10. The van der Waals surface area contributed by atoms with Crippen LogP contribution in [0.15, 0.2) is 12.1 Å². The summed E-state index contributed by atoms with van der Waals surface area (Å²) in [5.74, 6) is -3.47. The molecule has 1 atom stereocenters. The van der Waals surface area contributed by atoms with Crippen molar-refractivity contribution >= 4 is 5.91 Å². The Kier molecular flexibility index (Phi) is 3.21. The Morgan fingerprint density at radius 2 is 2.07 bits per heavy atom. The fraction of sp³-hybridized carbons (Fsp3) is 0.222. The molecule has 0 saturated carbocycles. The van der Waals surface area contributed by atoms with Crippen molar-refractivity contribution in [2.45, 2.75) is 12.5 Å². The second-order valence-corrected chi connectivity index (χ2v) is 3.10. The van der Waals surface area contributed by atoms with Gasteiger partial charge in [-0.3, -0.25) is 4.79 Å². The van der Waals surface area contributed by atoms with Gasteiger partial charge in [0.2, 0.25) is 5.91 Å². The van der Waals surface area contributed by atoms with Gasteiger partial charge in [-0.05, 0) is 6.07 Å². The van der Waals surface area contributed by atoms with E-state index in [4.69, 9.17) is 11.5 Å². The van der Waals surface area contributed by atoms with E-state index < -0.39 is 29.3 Å². The van der Waals surface area contributed by atoms with Gasteiger partial charge < -0.3 is 16.6 Å². The molecule has 0 radical (unpaired) electrons. The van der Waals surface area contributed by atoms with Crippen LogP contribution < -0.4 is 11.5 Å². The zero-order valence-corrected chi connectivity index (χ0v) is 7.71. The molecule has 1 unspecified atom stereocenters. The number of carbonyl (C=O) groups excluding carboxylic acids is 1. The molecule has 0 heterocycles. The number of halogens is 2. The number of phenolic OH excluding ortho intramolecular Hbond substituents is 1. The third-order valence-corrected chi connectivity index (χ3v) is 1.88. The molecule has 1 rings (SSSR count). The molecule has 0 aliphatic rings. The molecule has 0 saturated heterocycles. The Morgan fingerprint density at radius 1 is 1.47 bits per heavy atom. The van der Waals surface area contributed by atoms with Gasteiger partial charge in [-0.1, -0.05) is 0 Å². The highest BCUT2D eigenvalue weighted by atomic mass is 19.1. The van der Waals surface area contributed by atoms with Crippen LogP contribution in [0.2, 0.25) is 0 Å². The number of hydrogen-bond acceptors (Lipinski definition) is 3. The minimum absolute atomic E-state index is 0.175. The first kappa shape index (κ1) is 11.4. The van der Waals surface area contributed by atoms with E-state index in [0.717, 1.165) is 6.07 Å². The summed E-state index contributed by atoms with van der Waals surface area (Å²) < 4.78 is 25.7. The van der Waals surface area contributed by atoms with Gasteiger partial charge in [0.25, 0.3) is 0 Å². The predicted molar refractivity (Wildman–Crippen MR) is 48.8 cm³/mol. The number of aromatic hydroxyl groups is 1. The molecule has 5 N–H and O–H groups in total. The molecule has 82 valence electrons. The van der Waals surface area contributed by atoms with E-state index in [0.29, 0.717) is 6.07 Å². The first-order valence-electron chi connectivity index (χ1n) is 4.13. The van der Waals surface area contributed by atoms with E-state index in [1.54, 1.807) is 0 Å². The molecule has 1 amide bonds. The Labute approximate surface area is 84.5 Å². The van der Waals surface area contributed by atoms with Gasteiger partial charge in [0, 0.05) is 24.1 Å². The van der Waals surface area contributed by atoms with Crippen LogP contribution in [0.5, 0.6) is 5.75 Å². The maximum Gasteiger partial charge on any atom is 0.219 e. The molecule has 0 aliphatic carbocycles. The summed E-state index contributed by atoms with van der Waals surface area (Å²) in [5.41, 5.74) is 10.1. The molecule has 0 aromatic heterocycles. The minimum Gasteiger partial charge on any atom is -0.505 e. The van der Waals surface area contributed by atoms with E-state index >= 15 is 0 Å². The smallest absolute Gasteiger partial charge is 0.219 e. The van der Waals surface area contributed by atoms with Crippen LogP contribution in [0, 0.1) is 11.6 Å². The third-order valence-electron chi connectivity index (χ3n) is 1.88. The molecule has 1 aromatic rings. The fourth-order valence-corrected chi connectivity index (χ4v) is 1.20. The molecular weight excluding hydrogens is 206 g/mol. The fourth-order valence-electron chi connectivity index (χ4n) is 1.20. The number of hydrogen-bond donors (Lipinski definition) is 3. The Morgan fingerprint density at radius 3 is 2.60 bits per heavy atom. The van der Waals surface area contributed by atoms with Gasteiger partial charge in [0.15, 0.2) is 11.6 Å². The van der Waals surface area contributed by atoms with Crippen LogP contribution >= 0.6 is 0 Å². The third kappa shape index (κ3) is 2.63. The van der Waals surface area contributed by atoms with E-state index in [1.807, 2.05) is 0 Å². The lowest BCUT2D eigenvalue weighted by atomic mass is 10.0. The van der Waals surface area contributed by atoms with Gasteiger partial charge in [0.05, 0.1) is 0 Å². The largest absolute Gasteiger partial charge is 0.505 e. The van der Waals surface area contributed by atoms with Crippen molar-refractivity contribution in [3.05, 3.63) is 29.3 Å². The number of amides is 1. The van der Waals surface area contributed by atoms with Crippen LogP contribution in [-0.2, 0) is 4.79 Å². The maximum absolute atomic E-state index is 12.9. The zero-order valence-electron chi connectivity index (χ0n) is 7.71. The van der Waals surface area contributed by atoms with Crippen molar-refractivity contribution < 1.29 is 18.7 Å². The first-order chi connectivity index (χ1) is 6.91. The highest BCUT2D eigenvalue weighted by Crippen LogP contribution is 2.28. The average Bonchev–Trinajstić information content (AvgIpc) is 2.09. The number of primary amides is 1. The summed E-state index contributed by atoms with van der Waals surface area (Å²) in [6.45, 7) is 0. The lowest BCUT2D eigenvalue weighted by molar-refractivity contribution is -0.118. The van der Waals surface area contributed by atoms with Crippen LogP contribution in [0.4, 0.5) is 8.78 Å². The van der Waals surface area contributed by atoms with Crippen molar-refractivity contribution in [2.75, 3.05) is 0 Å². The summed E-state index contributed by atoms with van der Waals surface area (Å²) in [7, 11) is 0. The first-order valence-corrected chi connectivity index (χ1v) is 4.13. The van der Waals surface area contributed by atoms with Crippen LogP contribution in [0.1, 0.15) is 18.0 Å². The van der Waals surface area contributed by atoms with Crippen LogP contribution in [-0.4, -0.2) is 11.0 Å². The quantitative estimate of drug-likeness (QED) is 0.689. The van der Waals surface area contributed by atoms with Gasteiger partial charge in [-0.15, -0.1) is 0 Å². The summed E-state index contributed by atoms with van der Waals surface area (Å²) in [6.07, 6.45) is -0.295. The maximum atomic E-state index is 12.9. The number of nitrogens with two attached hydrogens (primary N) is 2. The van der Waals surface area contributed by atoms with Crippen molar-refractivity contribution in [1.29, 1.82) is 0 Å². The Balaban J connectivity index is 3.07. The molecule has 0 aliphatic heterocycles. The predicted octanol–water partition coefficient (Wildman–Crippen LogP) is 0.546. The highest BCUT2D eigenvalue weighted by molar-refractivity contribution is 5.74. The summed E-state index contributed by atoms with van der Waals surface area (Å²) in [6, 6.07) is 0.370. The molecule has 15 heavy (non-hydrogen) atoms. The number of carbonyl (C=O) groups is 1. The standard InChI is InChI=1S/C9H10F2N2O2/c10-4-1-5(7(12)3-8(13)14)9(15)6(11)2-4/h1-2,7,15H,3,12H2,(H2,13,14). The van der Waals surface area contributed by atoms with Crippen molar-refractivity contribution in [1.82, 2.24) is 0 Å². The van der Waals surface area contributed by atoms with E-state index in [2.05, 4.69) is 0 Å². The zero-order chi connectivity index (χ0) is 11.6. The van der Waals surface area contributed by atoms with Crippen LogP contribution in [0.25, 0.3) is 0 Å². The van der Waals surface area contributed by atoms with E-state index in [1.165, 1.54) is 0 Å². The Bertz CT molecular complexity index is 396. The van der Waals surface area contributed by atoms with E-state index in [9.17, 15) is 18.7 Å². The van der Waals surface area contributed by atoms with Crippen molar-refractivity contribution in [3.63, 3.8) is 0 Å². The average molecular weight is 216 g/mol. The Hall–Kier alpha value is -1.69. The van der Waals surface area contributed by atoms with E-state index in [-0.39, 0.29) is 12.0 Å². The SMILES string of the molecule is NC(=O)CC(N)c1cc(F)cc(F)c1O. The topological polar surface area (TPSA) is 89.3 Å². The molecular formula is C9H10F2N2O2. The van der Waals surface area contributed by atoms with Gasteiger partial charge in [-0.25, -0.2) is 8.78 Å². The van der Waals surface area contributed by atoms with Crippen molar-refractivity contribution in [3.8, 4) is 5.75 Å². The highest BCUT2D eigenvalue weighted by Gasteiger charge is 2.17. The molecule has 0 spiro atoms. The minimum atomic E-state index is -1.12. The summed E-state index contributed by atoms with van der Waals surface area (Å²) >= 11 is 0. The van der Waals surface area contributed by atoms with Crippen molar-refractivity contribution in [2.24, 2.45) is 11.5 Å². The molecule has 1 aromatic carbocycles. The molecule has 0 fully saturated rings. The number of benzene rings is 1. The summed E-state index contributed by atoms with van der Waals surface area (Å²) in [4.78, 5) is 10.5. The molecule has 6 heteroatoms. The second kappa shape index (κ2) is 4.22. The molecule has 4 nitrogen and oxygen atoms in total.